The number of rotatable bonds is 7. The molecule has 3 N–H and O–H groups in total. The molecule has 1 unspecified atom stereocenters. The van der Waals surface area contributed by atoms with E-state index < -0.39 is 10.0 Å². The lowest BCUT2D eigenvalue weighted by Crippen LogP contribution is -2.26. The van der Waals surface area contributed by atoms with E-state index in [0.717, 1.165) is 31.5 Å². The number of hydrogen-bond acceptors (Lipinski definition) is 4. The molecule has 1 saturated heterocycles. The summed E-state index contributed by atoms with van der Waals surface area (Å²) < 4.78 is 27.7. The average Bonchev–Trinajstić information content (AvgIpc) is 3.17. The molecule has 0 radical (unpaired) electrons. The third kappa shape index (κ3) is 5.70. The number of hydrogen-bond donors (Lipinski definition) is 3. The quantitative estimate of drug-likeness (QED) is 0.639. The zero-order valence-corrected chi connectivity index (χ0v) is 17.4. The Bertz CT molecular complexity index is 895. The van der Waals surface area contributed by atoms with Gasteiger partial charge in [-0.2, -0.15) is 0 Å². The summed E-state index contributed by atoms with van der Waals surface area (Å²) >= 11 is 0. The molecule has 28 heavy (non-hydrogen) atoms. The summed E-state index contributed by atoms with van der Waals surface area (Å²) in [7, 11) is -3.69. The van der Waals surface area contributed by atoms with Gasteiger partial charge < -0.3 is 10.6 Å². The number of anilines is 1. The van der Waals surface area contributed by atoms with Crippen LogP contribution in [0.2, 0.25) is 0 Å². The molecule has 2 aromatic carbocycles. The molecular formula is C20H26ClN3O3S. The van der Waals surface area contributed by atoms with Gasteiger partial charge in [-0.25, -0.2) is 8.42 Å². The van der Waals surface area contributed by atoms with Crippen molar-refractivity contribution < 1.29 is 13.2 Å². The van der Waals surface area contributed by atoms with Gasteiger partial charge in [-0.3, -0.25) is 9.52 Å². The Balaban J connectivity index is 0.00000280. The minimum absolute atomic E-state index is 0. The molecule has 1 fully saturated rings. The van der Waals surface area contributed by atoms with Crippen molar-refractivity contribution in [3.05, 3.63) is 59.7 Å². The van der Waals surface area contributed by atoms with Crippen LogP contribution in [0.5, 0.6) is 0 Å². The molecule has 1 atom stereocenters. The van der Waals surface area contributed by atoms with Gasteiger partial charge in [0.05, 0.1) is 10.6 Å². The fraction of sp³-hybridized carbons (Fsp3) is 0.350. The predicted molar refractivity (Wildman–Crippen MR) is 114 cm³/mol. The van der Waals surface area contributed by atoms with Crippen LogP contribution in [-0.2, 0) is 10.0 Å². The van der Waals surface area contributed by atoms with Gasteiger partial charge in [0.1, 0.15) is 0 Å². The van der Waals surface area contributed by atoms with E-state index in [9.17, 15) is 13.2 Å². The van der Waals surface area contributed by atoms with Crippen LogP contribution in [0.3, 0.4) is 0 Å². The maximum absolute atomic E-state index is 12.5. The highest BCUT2D eigenvalue weighted by molar-refractivity contribution is 7.92. The van der Waals surface area contributed by atoms with E-state index >= 15 is 0 Å². The average molecular weight is 424 g/mol. The van der Waals surface area contributed by atoms with Crippen molar-refractivity contribution in [2.45, 2.75) is 24.7 Å². The zero-order valence-electron chi connectivity index (χ0n) is 15.8. The van der Waals surface area contributed by atoms with Crippen molar-refractivity contribution in [2.75, 3.05) is 24.4 Å². The molecule has 6 nitrogen and oxygen atoms in total. The second kappa shape index (κ2) is 9.91. The Morgan fingerprint density at radius 2 is 1.86 bits per heavy atom. The Hall–Kier alpha value is -2.09. The molecule has 0 saturated carbocycles. The number of aryl methyl sites for hydroxylation is 1. The summed E-state index contributed by atoms with van der Waals surface area (Å²) in [5, 5.41) is 6.21. The van der Waals surface area contributed by atoms with Crippen LogP contribution in [0.15, 0.2) is 53.4 Å². The molecule has 1 amide bonds. The third-order valence-electron chi connectivity index (χ3n) is 4.82. The first-order valence-corrected chi connectivity index (χ1v) is 10.6. The Morgan fingerprint density at radius 3 is 2.50 bits per heavy atom. The number of benzene rings is 2. The fourth-order valence-electron chi connectivity index (χ4n) is 3.13. The second-order valence-electron chi connectivity index (χ2n) is 6.85. The van der Waals surface area contributed by atoms with Crippen LogP contribution in [0.4, 0.5) is 5.69 Å². The van der Waals surface area contributed by atoms with E-state index in [4.69, 9.17) is 0 Å². The second-order valence-corrected chi connectivity index (χ2v) is 8.53. The molecule has 0 aromatic heterocycles. The van der Waals surface area contributed by atoms with Gasteiger partial charge in [0.25, 0.3) is 15.9 Å². The lowest BCUT2D eigenvalue weighted by molar-refractivity contribution is 0.0951. The highest BCUT2D eigenvalue weighted by Crippen LogP contribution is 2.19. The van der Waals surface area contributed by atoms with Crippen LogP contribution in [-0.4, -0.2) is 34.0 Å². The van der Waals surface area contributed by atoms with Gasteiger partial charge in [0, 0.05) is 12.1 Å². The summed E-state index contributed by atoms with van der Waals surface area (Å²) in [6, 6.07) is 13.2. The Kier molecular flexibility index (Phi) is 7.86. The van der Waals surface area contributed by atoms with Crippen molar-refractivity contribution in [1.82, 2.24) is 10.6 Å². The van der Waals surface area contributed by atoms with Gasteiger partial charge >= 0.3 is 0 Å². The van der Waals surface area contributed by atoms with Crippen molar-refractivity contribution in [3.8, 4) is 0 Å². The fourth-order valence-corrected chi connectivity index (χ4v) is 4.26. The molecule has 1 aliphatic heterocycles. The van der Waals surface area contributed by atoms with Crippen molar-refractivity contribution in [1.29, 1.82) is 0 Å². The van der Waals surface area contributed by atoms with Crippen LogP contribution < -0.4 is 15.4 Å². The largest absolute Gasteiger partial charge is 0.352 e. The van der Waals surface area contributed by atoms with Crippen molar-refractivity contribution in [3.63, 3.8) is 0 Å². The van der Waals surface area contributed by atoms with E-state index in [1.54, 1.807) is 24.3 Å². The molecule has 152 valence electrons. The number of amides is 1. The van der Waals surface area contributed by atoms with Crippen molar-refractivity contribution >= 4 is 34.0 Å². The topological polar surface area (TPSA) is 87.3 Å². The highest BCUT2D eigenvalue weighted by Gasteiger charge is 2.17. The minimum atomic E-state index is -3.69. The summed E-state index contributed by atoms with van der Waals surface area (Å²) in [5.74, 6) is 0.433. The van der Waals surface area contributed by atoms with Crippen LogP contribution in [0, 0.1) is 12.8 Å². The molecule has 1 heterocycles. The smallest absolute Gasteiger partial charge is 0.261 e. The normalized spacial score (nSPS) is 16.2. The maximum atomic E-state index is 12.5. The Labute approximate surface area is 172 Å². The summed E-state index contributed by atoms with van der Waals surface area (Å²) in [6.45, 7) is 4.52. The number of sulfonamides is 1. The molecular weight excluding hydrogens is 398 g/mol. The number of carbonyl (C=O) groups is 1. The standard InChI is InChI=1S/C20H25N3O3S.ClH/c1-15-4-2-3-5-19(15)23-27(25,26)18-8-6-17(7-9-18)20(24)22-13-11-16-10-12-21-14-16;/h2-9,16,21,23H,10-14H2,1H3,(H,22,24);1H. The first-order chi connectivity index (χ1) is 13.0. The van der Waals surface area contributed by atoms with Gasteiger partial charge in [-0.15, -0.1) is 12.4 Å². The lowest BCUT2D eigenvalue weighted by atomic mass is 10.1. The van der Waals surface area contributed by atoms with Crippen molar-refractivity contribution in [2.24, 2.45) is 5.92 Å². The monoisotopic (exact) mass is 423 g/mol. The van der Waals surface area contributed by atoms with E-state index in [0.29, 0.717) is 23.7 Å². The first kappa shape index (κ1) is 22.2. The maximum Gasteiger partial charge on any atom is 0.261 e. The van der Waals surface area contributed by atoms with E-state index in [1.807, 2.05) is 19.1 Å². The minimum Gasteiger partial charge on any atom is -0.352 e. The number of para-hydroxylation sites is 1. The van der Waals surface area contributed by atoms with Gasteiger partial charge in [-0.05, 0) is 74.7 Å². The van der Waals surface area contributed by atoms with E-state index in [1.165, 1.54) is 12.1 Å². The number of nitrogens with one attached hydrogen (secondary N) is 3. The summed E-state index contributed by atoms with van der Waals surface area (Å²) in [5.41, 5.74) is 1.84. The van der Waals surface area contributed by atoms with Gasteiger partial charge in [0.2, 0.25) is 0 Å². The van der Waals surface area contributed by atoms with Gasteiger partial charge in [-0.1, -0.05) is 18.2 Å². The predicted octanol–water partition coefficient (Wildman–Crippen LogP) is 2.95. The first-order valence-electron chi connectivity index (χ1n) is 9.13. The number of halogens is 1. The molecule has 0 bridgehead atoms. The van der Waals surface area contributed by atoms with Crippen LogP contribution in [0.25, 0.3) is 0 Å². The van der Waals surface area contributed by atoms with E-state index in [-0.39, 0.29) is 23.2 Å². The lowest BCUT2D eigenvalue weighted by Gasteiger charge is -2.11. The molecule has 8 heteroatoms. The molecule has 1 aliphatic rings. The third-order valence-corrected chi connectivity index (χ3v) is 6.20. The van der Waals surface area contributed by atoms with Crippen LogP contribution >= 0.6 is 12.4 Å². The molecule has 0 aliphatic carbocycles. The molecule has 3 rings (SSSR count). The number of carbonyl (C=O) groups excluding carboxylic acids is 1. The SMILES string of the molecule is Cc1ccccc1NS(=O)(=O)c1ccc(C(=O)NCCC2CCNC2)cc1.Cl. The molecule has 0 spiro atoms. The molecule has 2 aromatic rings. The van der Waals surface area contributed by atoms with E-state index in [2.05, 4.69) is 15.4 Å². The highest BCUT2D eigenvalue weighted by atomic mass is 35.5. The summed E-state index contributed by atoms with van der Waals surface area (Å²) in [4.78, 5) is 12.3. The summed E-state index contributed by atoms with van der Waals surface area (Å²) in [6.07, 6.45) is 2.10. The zero-order chi connectivity index (χ0) is 19.3. The van der Waals surface area contributed by atoms with Crippen LogP contribution in [0.1, 0.15) is 28.8 Å². The Morgan fingerprint density at radius 1 is 1.14 bits per heavy atom. The van der Waals surface area contributed by atoms with Gasteiger partial charge in [0.15, 0.2) is 0 Å².